The molecule has 6 heteroatoms. The van der Waals surface area contributed by atoms with Gasteiger partial charge in [0.15, 0.2) is 9.04 Å². The molecule has 0 fully saturated rings. The molecule has 1 heterocycles. The maximum atomic E-state index is 13.0. The van der Waals surface area contributed by atoms with Gasteiger partial charge in [-0.1, -0.05) is 51.1 Å². The van der Waals surface area contributed by atoms with Crippen LogP contribution in [0, 0.1) is 11.3 Å². The second kappa shape index (κ2) is 8.18. The number of nitrogens with zero attached hydrogens (tertiary/aromatic N) is 1. The quantitative estimate of drug-likeness (QED) is 0.806. The molecule has 2 atom stereocenters. The summed E-state index contributed by atoms with van der Waals surface area (Å²) in [4.78, 5) is 27.0. The normalized spacial score (nSPS) is 19.2. The van der Waals surface area contributed by atoms with Crippen LogP contribution >= 0.6 is 0 Å². The second-order valence-corrected chi connectivity index (χ2v) is 10.6. The van der Waals surface area contributed by atoms with E-state index in [1.54, 1.807) is 11.1 Å². The summed E-state index contributed by atoms with van der Waals surface area (Å²) >= 11 is 0. The first-order valence-electron chi connectivity index (χ1n) is 9.10. The smallest absolute Gasteiger partial charge is 0.248 e. The maximum absolute atomic E-state index is 13.0. The van der Waals surface area contributed by atoms with Crippen LogP contribution < -0.4 is 5.32 Å². The van der Waals surface area contributed by atoms with E-state index < -0.39 is 15.1 Å². The molecule has 0 aromatic heterocycles. The molecule has 2 amide bonds. The van der Waals surface area contributed by atoms with E-state index in [1.807, 2.05) is 30.3 Å². The summed E-state index contributed by atoms with van der Waals surface area (Å²) in [6.07, 6.45) is 1.76. The van der Waals surface area contributed by atoms with Gasteiger partial charge in [-0.2, -0.15) is 0 Å². The van der Waals surface area contributed by atoms with Gasteiger partial charge in [0.25, 0.3) is 0 Å². The Bertz CT molecular complexity index is 680. The van der Waals surface area contributed by atoms with Gasteiger partial charge in [0.2, 0.25) is 11.8 Å². The Labute approximate surface area is 158 Å². The van der Waals surface area contributed by atoms with Crippen LogP contribution in [0.5, 0.6) is 0 Å². The van der Waals surface area contributed by atoms with Crippen molar-refractivity contribution < 1.29 is 14.0 Å². The molecule has 0 saturated carbocycles. The molecule has 142 valence electrons. The number of benzene rings is 1. The van der Waals surface area contributed by atoms with Gasteiger partial charge in [0.05, 0.1) is 5.70 Å². The predicted octanol–water partition coefficient (Wildman–Crippen LogP) is 2.99. The van der Waals surface area contributed by atoms with E-state index in [1.165, 1.54) is 6.92 Å². The molecule has 1 aromatic rings. The summed E-state index contributed by atoms with van der Waals surface area (Å²) in [7, 11) is -1.23. The Balaban J connectivity index is 2.41. The van der Waals surface area contributed by atoms with Crippen molar-refractivity contribution in [1.82, 2.24) is 10.2 Å². The highest BCUT2D eigenvalue weighted by Gasteiger charge is 2.43. The van der Waals surface area contributed by atoms with Crippen LogP contribution in [-0.4, -0.2) is 38.4 Å². The number of carbonyl (C=O) groups excluding carboxylic acids is 2. The Hall–Kier alpha value is -1.92. The lowest BCUT2D eigenvalue weighted by Gasteiger charge is -2.43. The number of rotatable bonds is 5. The van der Waals surface area contributed by atoms with E-state index in [4.69, 9.17) is 4.43 Å². The van der Waals surface area contributed by atoms with Crippen LogP contribution in [-0.2, 0) is 14.0 Å². The van der Waals surface area contributed by atoms with Gasteiger partial charge in [0, 0.05) is 25.6 Å². The standard InChI is InChI=1S/C20H30N2O3Si/c1-14(23)22-12-17(15-10-8-7-9-11-15)21-19(24)18(22)16(20(2,3)4)13-25-26(5)6/h7-12,16,18,26H,13H2,1-6H3,(H,21,24). The van der Waals surface area contributed by atoms with E-state index in [9.17, 15) is 9.59 Å². The average molecular weight is 375 g/mol. The van der Waals surface area contributed by atoms with Crippen molar-refractivity contribution in [2.45, 2.75) is 46.8 Å². The molecule has 1 aliphatic heterocycles. The summed E-state index contributed by atoms with van der Waals surface area (Å²) in [6, 6.07) is 8.99. The fourth-order valence-electron chi connectivity index (χ4n) is 3.12. The zero-order valence-corrected chi connectivity index (χ0v) is 17.7. The maximum Gasteiger partial charge on any atom is 0.248 e. The first-order valence-corrected chi connectivity index (χ1v) is 11.9. The van der Waals surface area contributed by atoms with Gasteiger partial charge in [0.1, 0.15) is 6.04 Å². The molecule has 0 spiro atoms. The Kier molecular flexibility index (Phi) is 6.42. The third-order valence-electron chi connectivity index (χ3n) is 4.65. The van der Waals surface area contributed by atoms with Gasteiger partial charge in [-0.05, 0) is 24.1 Å². The van der Waals surface area contributed by atoms with E-state index in [0.717, 1.165) is 5.56 Å². The van der Waals surface area contributed by atoms with Crippen LogP contribution in [0.4, 0.5) is 0 Å². The molecule has 1 aromatic carbocycles. The Morgan fingerprint density at radius 3 is 2.38 bits per heavy atom. The minimum atomic E-state index is -1.23. The molecule has 2 unspecified atom stereocenters. The van der Waals surface area contributed by atoms with E-state index in [-0.39, 0.29) is 23.1 Å². The monoisotopic (exact) mass is 374 g/mol. The minimum absolute atomic E-state index is 0.102. The number of carbonyl (C=O) groups is 2. The van der Waals surface area contributed by atoms with Crippen LogP contribution in [0.2, 0.25) is 13.1 Å². The van der Waals surface area contributed by atoms with Crippen LogP contribution in [0.25, 0.3) is 5.70 Å². The van der Waals surface area contributed by atoms with Crippen LogP contribution in [0.3, 0.4) is 0 Å². The molecule has 1 aliphatic rings. The van der Waals surface area contributed by atoms with Gasteiger partial charge < -0.3 is 14.6 Å². The lowest BCUT2D eigenvalue weighted by Crippen LogP contribution is -2.57. The summed E-state index contributed by atoms with van der Waals surface area (Å²) in [5.41, 5.74) is 1.34. The van der Waals surface area contributed by atoms with Gasteiger partial charge in [-0.3, -0.25) is 9.59 Å². The van der Waals surface area contributed by atoms with Crippen LogP contribution in [0.1, 0.15) is 33.3 Å². The fourth-order valence-corrected chi connectivity index (χ4v) is 3.72. The predicted molar refractivity (Wildman–Crippen MR) is 107 cm³/mol. The summed E-state index contributed by atoms with van der Waals surface area (Å²) in [5, 5.41) is 2.99. The molecule has 0 saturated heterocycles. The first-order chi connectivity index (χ1) is 12.1. The van der Waals surface area contributed by atoms with Crippen molar-refractivity contribution in [3.63, 3.8) is 0 Å². The van der Waals surface area contributed by atoms with Crippen molar-refractivity contribution in [2.24, 2.45) is 11.3 Å². The highest BCUT2D eigenvalue weighted by molar-refractivity contribution is 6.48. The van der Waals surface area contributed by atoms with Gasteiger partial charge >= 0.3 is 0 Å². The molecule has 0 radical (unpaired) electrons. The molecular formula is C20H30N2O3Si. The van der Waals surface area contributed by atoms with Crippen molar-refractivity contribution in [3.8, 4) is 0 Å². The lowest BCUT2D eigenvalue weighted by atomic mass is 9.75. The second-order valence-electron chi connectivity index (χ2n) is 8.12. The molecule has 5 nitrogen and oxygen atoms in total. The zero-order valence-electron chi connectivity index (χ0n) is 16.6. The molecular weight excluding hydrogens is 344 g/mol. The van der Waals surface area contributed by atoms with E-state index >= 15 is 0 Å². The summed E-state index contributed by atoms with van der Waals surface area (Å²) in [6.45, 7) is 12.5. The Morgan fingerprint density at radius 1 is 1.27 bits per heavy atom. The third kappa shape index (κ3) is 4.83. The van der Waals surface area contributed by atoms with E-state index in [2.05, 4.69) is 39.2 Å². The topological polar surface area (TPSA) is 58.6 Å². The van der Waals surface area contributed by atoms with Crippen LogP contribution in [0.15, 0.2) is 36.5 Å². The SMILES string of the molecule is CC(=O)N1C=C(c2ccccc2)NC(=O)C1C(CO[SiH](C)C)C(C)(C)C. The zero-order chi connectivity index (χ0) is 19.5. The van der Waals surface area contributed by atoms with Crippen molar-refractivity contribution >= 4 is 26.6 Å². The van der Waals surface area contributed by atoms with Crippen molar-refractivity contribution in [3.05, 3.63) is 42.1 Å². The average Bonchev–Trinajstić information content (AvgIpc) is 2.55. The first kappa shape index (κ1) is 20.4. The Morgan fingerprint density at radius 2 is 1.88 bits per heavy atom. The minimum Gasteiger partial charge on any atom is -0.420 e. The molecule has 26 heavy (non-hydrogen) atoms. The highest BCUT2D eigenvalue weighted by atomic mass is 28.3. The third-order valence-corrected chi connectivity index (χ3v) is 5.50. The largest absolute Gasteiger partial charge is 0.420 e. The number of hydrogen-bond donors (Lipinski definition) is 1. The molecule has 2 rings (SSSR count). The lowest BCUT2D eigenvalue weighted by molar-refractivity contribution is -0.140. The van der Waals surface area contributed by atoms with Gasteiger partial charge in [-0.15, -0.1) is 0 Å². The van der Waals surface area contributed by atoms with Crippen molar-refractivity contribution in [2.75, 3.05) is 6.61 Å². The van der Waals surface area contributed by atoms with Crippen molar-refractivity contribution in [1.29, 1.82) is 0 Å². The molecule has 0 aliphatic carbocycles. The van der Waals surface area contributed by atoms with Gasteiger partial charge in [-0.25, -0.2) is 0 Å². The van der Waals surface area contributed by atoms with E-state index in [0.29, 0.717) is 12.3 Å². The fraction of sp³-hybridized carbons (Fsp3) is 0.500. The molecule has 0 bridgehead atoms. The number of hydrogen-bond acceptors (Lipinski definition) is 3. The summed E-state index contributed by atoms with van der Waals surface area (Å²) in [5.74, 6) is -0.403. The summed E-state index contributed by atoms with van der Waals surface area (Å²) < 4.78 is 5.97. The molecule has 1 N–H and O–H groups in total. The highest BCUT2D eigenvalue weighted by Crippen LogP contribution is 2.34. The number of amides is 2. The number of nitrogens with one attached hydrogen (secondary N) is 1.